The van der Waals surface area contributed by atoms with E-state index in [-0.39, 0.29) is 17.7 Å². The van der Waals surface area contributed by atoms with Gasteiger partial charge >= 0.3 is 6.09 Å². The van der Waals surface area contributed by atoms with Gasteiger partial charge in [-0.2, -0.15) is 0 Å². The molecule has 8 nitrogen and oxygen atoms in total. The largest absolute Gasteiger partial charge is 0.444 e. The molecule has 9 heteroatoms. The van der Waals surface area contributed by atoms with Gasteiger partial charge in [-0.25, -0.2) is 4.79 Å². The van der Waals surface area contributed by atoms with Gasteiger partial charge in [-0.3, -0.25) is 4.79 Å². The smallest absolute Gasteiger partial charge is 0.408 e. The van der Waals surface area contributed by atoms with Crippen molar-refractivity contribution in [1.29, 1.82) is 0 Å². The highest BCUT2D eigenvalue weighted by molar-refractivity contribution is 9.10. The van der Waals surface area contributed by atoms with Gasteiger partial charge in [0.1, 0.15) is 11.6 Å². The van der Waals surface area contributed by atoms with Crippen LogP contribution in [0, 0.1) is 0 Å². The lowest BCUT2D eigenvalue weighted by molar-refractivity contribution is 0.0500. The second-order valence-electron chi connectivity index (χ2n) is 8.33. The number of ether oxygens (including phenoxy) is 1. The maximum atomic E-state index is 13.0. The van der Waals surface area contributed by atoms with Gasteiger partial charge in [0.15, 0.2) is 0 Å². The van der Waals surface area contributed by atoms with Crippen molar-refractivity contribution >= 4 is 27.9 Å². The van der Waals surface area contributed by atoms with Crippen LogP contribution in [0.25, 0.3) is 11.5 Å². The summed E-state index contributed by atoms with van der Waals surface area (Å²) in [7, 11) is 0. The van der Waals surface area contributed by atoms with Crippen LogP contribution in [-0.2, 0) is 4.74 Å². The van der Waals surface area contributed by atoms with Crippen LogP contribution in [0.2, 0.25) is 0 Å². The van der Waals surface area contributed by atoms with Gasteiger partial charge < -0.3 is 19.4 Å². The van der Waals surface area contributed by atoms with Crippen molar-refractivity contribution in [2.75, 3.05) is 13.1 Å². The molecule has 170 valence electrons. The van der Waals surface area contributed by atoms with Crippen molar-refractivity contribution < 1.29 is 18.7 Å². The minimum atomic E-state index is -0.605. The molecule has 0 aliphatic heterocycles. The third-order valence-corrected chi connectivity index (χ3v) is 4.67. The monoisotopic (exact) mass is 494 g/mol. The van der Waals surface area contributed by atoms with E-state index in [0.717, 1.165) is 17.3 Å². The first-order valence-corrected chi connectivity index (χ1v) is 11.3. The molecule has 1 heterocycles. The summed E-state index contributed by atoms with van der Waals surface area (Å²) in [5.41, 5.74) is 0.562. The van der Waals surface area contributed by atoms with Crippen LogP contribution >= 0.6 is 15.9 Å². The van der Waals surface area contributed by atoms with Crippen LogP contribution in [0.1, 0.15) is 76.7 Å². The van der Waals surface area contributed by atoms with Gasteiger partial charge in [-0.15, -0.1) is 10.2 Å². The summed E-state index contributed by atoms with van der Waals surface area (Å²) in [6, 6.07) is 4.81. The van der Waals surface area contributed by atoms with E-state index in [9.17, 15) is 9.59 Å². The number of nitrogens with zero attached hydrogens (tertiary/aromatic N) is 3. The molecule has 0 radical (unpaired) electrons. The Morgan fingerprint density at radius 1 is 1.16 bits per heavy atom. The Bertz CT molecular complexity index is 901. The molecule has 31 heavy (non-hydrogen) atoms. The van der Waals surface area contributed by atoms with E-state index >= 15 is 0 Å². The number of amides is 2. The fraction of sp³-hybridized carbons (Fsp3) is 0.545. The maximum absolute atomic E-state index is 13.0. The standard InChI is InChI=1S/C22H31BrN4O4/c1-7-9-27(10-8-2)20(28)16-11-15(12-17(23)13-16)19-26-25-18(30-19)14(3)24-21(29)31-22(4,5)6/h11-14H,7-10H2,1-6H3,(H,24,29)/t14-/m0/s1. The van der Waals surface area contributed by atoms with Gasteiger partial charge in [0.25, 0.3) is 5.91 Å². The number of alkyl carbamates (subject to hydrolysis) is 1. The lowest BCUT2D eigenvalue weighted by atomic mass is 10.1. The van der Waals surface area contributed by atoms with Crippen molar-refractivity contribution in [2.45, 2.75) is 66.0 Å². The zero-order valence-electron chi connectivity index (χ0n) is 19.0. The molecule has 2 amide bonds. The van der Waals surface area contributed by atoms with Crippen LogP contribution in [0.4, 0.5) is 4.79 Å². The van der Waals surface area contributed by atoms with E-state index in [0.29, 0.717) is 24.2 Å². The fourth-order valence-electron chi connectivity index (χ4n) is 2.95. The number of carbonyl (C=O) groups excluding carboxylic acids is 2. The molecular formula is C22H31BrN4O4. The van der Waals surface area contributed by atoms with Crippen molar-refractivity contribution in [1.82, 2.24) is 20.4 Å². The second-order valence-corrected chi connectivity index (χ2v) is 9.25. The molecule has 0 saturated heterocycles. The lowest BCUT2D eigenvalue weighted by Crippen LogP contribution is -2.34. The number of carbonyl (C=O) groups is 2. The molecule has 0 bridgehead atoms. The van der Waals surface area contributed by atoms with Crippen LogP contribution in [0.15, 0.2) is 27.1 Å². The van der Waals surface area contributed by atoms with Crippen LogP contribution in [-0.4, -0.2) is 45.8 Å². The first-order chi connectivity index (χ1) is 14.5. The van der Waals surface area contributed by atoms with Crippen LogP contribution < -0.4 is 5.32 Å². The third-order valence-electron chi connectivity index (χ3n) is 4.21. The molecule has 0 unspecified atom stereocenters. The summed E-state index contributed by atoms with van der Waals surface area (Å²) >= 11 is 3.47. The molecule has 2 aromatic rings. The van der Waals surface area contributed by atoms with Gasteiger partial charge in [-0.05, 0) is 58.7 Å². The van der Waals surface area contributed by atoms with E-state index in [1.54, 1.807) is 39.8 Å². The first-order valence-electron chi connectivity index (χ1n) is 10.5. The molecule has 0 aliphatic carbocycles. The summed E-state index contributed by atoms with van der Waals surface area (Å²) in [4.78, 5) is 26.8. The van der Waals surface area contributed by atoms with Crippen molar-refractivity contribution in [2.24, 2.45) is 0 Å². The second kappa shape index (κ2) is 10.7. The Balaban J connectivity index is 2.22. The molecular weight excluding hydrogens is 464 g/mol. The van der Waals surface area contributed by atoms with E-state index < -0.39 is 17.7 Å². The zero-order chi connectivity index (χ0) is 23.2. The normalized spacial score (nSPS) is 12.4. The average Bonchev–Trinajstić information content (AvgIpc) is 3.15. The summed E-state index contributed by atoms with van der Waals surface area (Å²) < 4.78 is 11.8. The topological polar surface area (TPSA) is 97.6 Å². The lowest BCUT2D eigenvalue weighted by Gasteiger charge is -2.21. The number of nitrogens with one attached hydrogen (secondary N) is 1. The molecule has 0 saturated carbocycles. The predicted molar refractivity (Wildman–Crippen MR) is 122 cm³/mol. The highest BCUT2D eigenvalue weighted by atomic mass is 79.9. The molecule has 0 spiro atoms. The molecule has 1 aromatic carbocycles. The van der Waals surface area contributed by atoms with Crippen LogP contribution in [0.3, 0.4) is 0 Å². The van der Waals surface area contributed by atoms with Gasteiger partial charge in [0.2, 0.25) is 11.8 Å². The van der Waals surface area contributed by atoms with E-state index in [4.69, 9.17) is 9.15 Å². The molecule has 1 atom stereocenters. The molecule has 1 aromatic heterocycles. The SMILES string of the molecule is CCCN(CCC)C(=O)c1cc(Br)cc(-c2nnc([C@H](C)NC(=O)OC(C)(C)C)o2)c1. The number of hydrogen-bond acceptors (Lipinski definition) is 6. The average molecular weight is 495 g/mol. The molecule has 0 aliphatic rings. The number of aromatic nitrogens is 2. The molecule has 1 N–H and O–H groups in total. The minimum absolute atomic E-state index is 0.0362. The van der Waals surface area contributed by atoms with E-state index in [2.05, 4.69) is 45.3 Å². The molecule has 2 rings (SSSR count). The first kappa shape index (κ1) is 24.8. The Morgan fingerprint density at radius 2 is 1.81 bits per heavy atom. The zero-order valence-corrected chi connectivity index (χ0v) is 20.6. The Kier molecular flexibility index (Phi) is 8.61. The minimum Gasteiger partial charge on any atom is -0.444 e. The molecule has 0 fully saturated rings. The highest BCUT2D eigenvalue weighted by Crippen LogP contribution is 2.26. The van der Waals surface area contributed by atoms with Crippen molar-refractivity contribution in [3.8, 4) is 11.5 Å². The van der Waals surface area contributed by atoms with Crippen LogP contribution in [0.5, 0.6) is 0 Å². The van der Waals surface area contributed by atoms with E-state index in [1.165, 1.54) is 0 Å². The Labute approximate surface area is 191 Å². The van der Waals surface area contributed by atoms with Gasteiger partial charge in [0, 0.05) is 28.7 Å². The summed E-state index contributed by atoms with van der Waals surface area (Å²) in [6.07, 6.45) is 1.21. The summed E-state index contributed by atoms with van der Waals surface area (Å²) in [5, 5.41) is 10.8. The van der Waals surface area contributed by atoms with Gasteiger partial charge in [0.05, 0.1) is 0 Å². The number of benzene rings is 1. The highest BCUT2D eigenvalue weighted by Gasteiger charge is 2.22. The van der Waals surface area contributed by atoms with E-state index in [1.807, 2.05) is 11.0 Å². The predicted octanol–water partition coefficient (Wildman–Crippen LogP) is 5.35. The fourth-order valence-corrected chi connectivity index (χ4v) is 3.44. The van der Waals surface area contributed by atoms with Gasteiger partial charge in [-0.1, -0.05) is 29.8 Å². The summed E-state index contributed by atoms with van der Waals surface area (Å²) in [5.74, 6) is 0.471. The van der Waals surface area contributed by atoms with Crippen molar-refractivity contribution in [3.63, 3.8) is 0 Å². The maximum Gasteiger partial charge on any atom is 0.408 e. The quantitative estimate of drug-likeness (QED) is 0.531. The third kappa shape index (κ3) is 7.34. The van der Waals surface area contributed by atoms with Crippen molar-refractivity contribution in [3.05, 3.63) is 34.1 Å². The number of halogens is 1. The number of rotatable bonds is 8. The number of hydrogen-bond donors (Lipinski definition) is 1. The summed E-state index contributed by atoms with van der Waals surface area (Å²) in [6.45, 7) is 12.6. The Morgan fingerprint density at radius 3 is 2.39 bits per heavy atom. The Hall–Kier alpha value is -2.42.